The first-order valence-corrected chi connectivity index (χ1v) is 3.35. The quantitative estimate of drug-likeness (QED) is 0.463. The van der Waals surface area contributed by atoms with Gasteiger partial charge in [-0.15, -0.1) is 6.42 Å². The van der Waals surface area contributed by atoms with Crippen molar-refractivity contribution in [3.8, 4) is 12.3 Å². The molecule has 1 atom stereocenters. The second-order valence-corrected chi connectivity index (χ2v) is 2.18. The maximum Gasteiger partial charge on any atom is 0.318 e. The molecule has 3 amide bonds. The summed E-state index contributed by atoms with van der Waals surface area (Å²) in [4.78, 5) is 20.9. The van der Waals surface area contributed by atoms with Gasteiger partial charge in [0.15, 0.2) is 0 Å². The van der Waals surface area contributed by atoms with Crippen LogP contribution >= 0.6 is 0 Å². The Hall–Kier alpha value is -1.54. The van der Waals surface area contributed by atoms with Crippen molar-refractivity contribution < 1.29 is 9.59 Å². The molecule has 5 nitrogen and oxygen atoms in total. The second-order valence-electron chi connectivity index (χ2n) is 2.18. The fraction of sp³-hybridized carbons (Fsp3) is 0.429. The molecule has 0 spiro atoms. The highest BCUT2D eigenvalue weighted by molar-refractivity contribution is 5.94. The third-order valence-corrected chi connectivity index (χ3v) is 1.08. The van der Waals surface area contributed by atoms with Gasteiger partial charge in [0.1, 0.15) is 0 Å². The van der Waals surface area contributed by atoms with Crippen molar-refractivity contribution in [1.29, 1.82) is 0 Å². The SMILES string of the molecule is C#CC(C)NCC(=O)NC(N)=O. The standard InChI is InChI=1S/C7H11N3O2/c1-3-5(2)9-4-6(11)10-7(8)12/h1,5,9H,4H2,2H3,(H3,8,10,11,12). The van der Waals surface area contributed by atoms with E-state index in [1.54, 1.807) is 6.92 Å². The van der Waals surface area contributed by atoms with Crippen molar-refractivity contribution in [3.05, 3.63) is 0 Å². The molecule has 0 aliphatic heterocycles. The molecule has 12 heavy (non-hydrogen) atoms. The van der Waals surface area contributed by atoms with Crippen LogP contribution in [0.1, 0.15) is 6.92 Å². The number of nitrogens with one attached hydrogen (secondary N) is 2. The molecule has 0 saturated heterocycles. The fourth-order valence-electron chi connectivity index (χ4n) is 0.486. The first kappa shape index (κ1) is 10.5. The first-order valence-electron chi connectivity index (χ1n) is 3.35. The predicted octanol–water partition coefficient (Wildman–Crippen LogP) is -1.21. The van der Waals surface area contributed by atoms with E-state index in [-0.39, 0.29) is 12.6 Å². The van der Waals surface area contributed by atoms with Crippen molar-refractivity contribution in [2.24, 2.45) is 5.73 Å². The molecule has 0 saturated carbocycles. The van der Waals surface area contributed by atoms with Crippen molar-refractivity contribution >= 4 is 11.9 Å². The Bertz CT molecular complexity index is 219. The van der Waals surface area contributed by atoms with E-state index in [2.05, 4.69) is 11.2 Å². The highest BCUT2D eigenvalue weighted by atomic mass is 16.2. The number of rotatable bonds is 3. The largest absolute Gasteiger partial charge is 0.351 e. The summed E-state index contributed by atoms with van der Waals surface area (Å²) < 4.78 is 0. The van der Waals surface area contributed by atoms with Gasteiger partial charge in [-0.1, -0.05) is 5.92 Å². The van der Waals surface area contributed by atoms with E-state index < -0.39 is 11.9 Å². The molecule has 0 aliphatic carbocycles. The van der Waals surface area contributed by atoms with E-state index >= 15 is 0 Å². The van der Waals surface area contributed by atoms with Crippen LogP contribution in [0, 0.1) is 12.3 Å². The minimum Gasteiger partial charge on any atom is -0.351 e. The number of hydrogen-bond acceptors (Lipinski definition) is 3. The van der Waals surface area contributed by atoms with E-state index in [0.717, 1.165) is 0 Å². The van der Waals surface area contributed by atoms with E-state index in [1.807, 2.05) is 5.32 Å². The zero-order valence-electron chi connectivity index (χ0n) is 6.76. The number of hydrogen-bond donors (Lipinski definition) is 3. The van der Waals surface area contributed by atoms with E-state index in [0.29, 0.717) is 0 Å². The summed E-state index contributed by atoms with van der Waals surface area (Å²) in [6, 6.07) is -1.07. The van der Waals surface area contributed by atoms with Crippen LogP contribution < -0.4 is 16.4 Å². The molecule has 0 bridgehead atoms. The number of carbonyl (C=O) groups is 2. The van der Waals surface area contributed by atoms with Gasteiger partial charge in [0.2, 0.25) is 5.91 Å². The van der Waals surface area contributed by atoms with Crippen LogP contribution in [0.3, 0.4) is 0 Å². The van der Waals surface area contributed by atoms with Crippen LogP contribution in [-0.4, -0.2) is 24.5 Å². The highest BCUT2D eigenvalue weighted by Crippen LogP contribution is 1.74. The van der Waals surface area contributed by atoms with Gasteiger partial charge >= 0.3 is 6.03 Å². The topological polar surface area (TPSA) is 84.2 Å². The lowest BCUT2D eigenvalue weighted by Gasteiger charge is -2.05. The number of carbonyl (C=O) groups excluding carboxylic acids is 2. The Morgan fingerprint density at radius 1 is 1.67 bits per heavy atom. The monoisotopic (exact) mass is 169 g/mol. The zero-order valence-corrected chi connectivity index (χ0v) is 6.76. The molecule has 66 valence electrons. The molecule has 0 aromatic carbocycles. The molecule has 0 aliphatic rings. The Balaban J connectivity index is 3.59. The molecule has 0 aromatic heterocycles. The number of nitrogens with two attached hydrogens (primary N) is 1. The van der Waals surface area contributed by atoms with Crippen molar-refractivity contribution in [1.82, 2.24) is 10.6 Å². The Labute approximate surface area is 70.7 Å². The number of primary amides is 1. The molecule has 0 fully saturated rings. The molecule has 4 N–H and O–H groups in total. The van der Waals surface area contributed by atoms with Gasteiger partial charge in [-0.2, -0.15) is 0 Å². The molecule has 0 radical (unpaired) electrons. The van der Waals surface area contributed by atoms with Gasteiger partial charge in [-0.05, 0) is 6.92 Å². The molecular formula is C7H11N3O2. The maximum atomic E-state index is 10.7. The number of imide groups is 1. The minimum absolute atomic E-state index is 0.0195. The van der Waals surface area contributed by atoms with Gasteiger partial charge in [0, 0.05) is 0 Å². The summed E-state index contributed by atoms with van der Waals surface area (Å²) in [6.45, 7) is 1.70. The van der Waals surface area contributed by atoms with Crippen LogP contribution in [0.15, 0.2) is 0 Å². The number of terminal acetylenes is 1. The molecule has 0 heterocycles. The van der Waals surface area contributed by atoms with Crippen molar-refractivity contribution in [3.63, 3.8) is 0 Å². The number of amides is 3. The third-order valence-electron chi connectivity index (χ3n) is 1.08. The van der Waals surface area contributed by atoms with E-state index in [4.69, 9.17) is 12.2 Å². The van der Waals surface area contributed by atoms with Crippen LogP contribution in [0.5, 0.6) is 0 Å². The van der Waals surface area contributed by atoms with Crippen molar-refractivity contribution in [2.75, 3.05) is 6.54 Å². The van der Waals surface area contributed by atoms with E-state index in [9.17, 15) is 9.59 Å². The molecular weight excluding hydrogens is 158 g/mol. The van der Waals surface area contributed by atoms with Crippen LogP contribution in [0.2, 0.25) is 0 Å². The lowest BCUT2D eigenvalue weighted by molar-refractivity contribution is -0.119. The van der Waals surface area contributed by atoms with Gasteiger partial charge < -0.3 is 5.73 Å². The van der Waals surface area contributed by atoms with Crippen LogP contribution in [-0.2, 0) is 4.79 Å². The summed E-state index contributed by atoms with van der Waals surface area (Å²) in [5.74, 6) is 1.87. The lowest BCUT2D eigenvalue weighted by Crippen LogP contribution is -2.42. The molecule has 0 aromatic rings. The summed E-state index contributed by atoms with van der Waals surface area (Å²) >= 11 is 0. The normalized spacial score (nSPS) is 11.3. The van der Waals surface area contributed by atoms with Crippen LogP contribution in [0.4, 0.5) is 4.79 Å². The average Bonchev–Trinajstić information content (AvgIpc) is 1.99. The average molecular weight is 169 g/mol. The fourth-order valence-corrected chi connectivity index (χ4v) is 0.486. The predicted molar refractivity (Wildman–Crippen MR) is 44.0 cm³/mol. The van der Waals surface area contributed by atoms with Crippen LogP contribution in [0.25, 0.3) is 0 Å². The molecule has 1 unspecified atom stereocenters. The Morgan fingerprint density at radius 2 is 2.25 bits per heavy atom. The highest BCUT2D eigenvalue weighted by Gasteiger charge is 2.04. The zero-order chi connectivity index (χ0) is 9.56. The summed E-state index contributed by atoms with van der Waals surface area (Å²) in [5.41, 5.74) is 4.69. The maximum absolute atomic E-state index is 10.7. The van der Waals surface area contributed by atoms with Gasteiger partial charge in [-0.25, -0.2) is 4.79 Å². The Kier molecular flexibility index (Phi) is 4.49. The lowest BCUT2D eigenvalue weighted by atomic mass is 10.3. The van der Waals surface area contributed by atoms with Gasteiger partial charge in [0.05, 0.1) is 12.6 Å². The second kappa shape index (κ2) is 5.16. The van der Waals surface area contributed by atoms with E-state index in [1.165, 1.54) is 0 Å². The molecule has 5 heteroatoms. The summed E-state index contributed by atoms with van der Waals surface area (Å²) in [6.07, 6.45) is 5.02. The van der Waals surface area contributed by atoms with Gasteiger partial charge in [0.25, 0.3) is 0 Å². The Morgan fingerprint density at radius 3 is 2.67 bits per heavy atom. The molecule has 0 rings (SSSR count). The first-order chi connectivity index (χ1) is 5.56. The minimum atomic E-state index is -0.866. The van der Waals surface area contributed by atoms with Gasteiger partial charge in [-0.3, -0.25) is 15.4 Å². The third kappa shape index (κ3) is 5.26. The summed E-state index contributed by atoms with van der Waals surface area (Å²) in [7, 11) is 0. The summed E-state index contributed by atoms with van der Waals surface area (Å²) in [5, 5.41) is 4.57. The number of urea groups is 1. The van der Waals surface area contributed by atoms with Crippen molar-refractivity contribution in [2.45, 2.75) is 13.0 Å². The smallest absolute Gasteiger partial charge is 0.318 e.